The third-order valence-corrected chi connectivity index (χ3v) is 5.42. The quantitative estimate of drug-likeness (QED) is 0.739. The molecule has 1 amide bonds. The molecule has 2 heterocycles. The molecule has 3 rings (SSSR count). The van der Waals surface area contributed by atoms with Crippen molar-refractivity contribution < 1.29 is 9.18 Å². The number of likely N-dealkylation sites (N-methyl/N-ethyl adjacent to an activating group) is 1. The van der Waals surface area contributed by atoms with Crippen molar-refractivity contribution in [1.82, 2.24) is 24.7 Å². The Morgan fingerprint density at radius 3 is 2.45 bits per heavy atom. The number of amides is 1. The molecule has 1 aliphatic rings. The number of aromatic amines is 1. The number of halogens is 1. The topological polar surface area (TPSA) is 55.5 Å². The fourth-order valence-corrected chi connectivity index (χ4v) is 3.85. The van der Waals surface area contributed by atoms with Crippen molar-refractivity contribution in [2.75, 3.05) is 40.3 Å². The predicted molar refractivity (Wildman–Crippen MR) is 112 cm³/mol. The van der Waals surface area contributed by atoms with Crippen LogP contribution in [0.15, 0.2) is 30.5 Å². The van der Waals surface area contributed by atoms with E-state index in [4.69, 9.17) is 0 Å². The van der Waals surface area contributed by atoms with E-state index >= 15 is 0 Å². The summed E-state index contributed by atoms with van der Waals surface area (Å²) >= 11 is 0. The molecule has 1 saturated heterocycles. The van der Waals surface area contributed by atoms with Gasteiger partial charge in [0.2, 0.25) is 5.91 Å². The Kier molecular flexibility index (Phi) is 7.39. The monoisotopic (exact) mass is 401 g/mol. The van der Waals surface area contributed by atoms with E-state index < -0.39 is 0 Å². The largest absolute Gasteiger partial charge is 0.345 e. The minimum absolute atomic E-state index is 0.0626. The molecule has 29 heavy (non-hydrogen) atoms. The lowest BCUT2D eigenvalue weighted by molar-refractivity contribution is -0.138. The standard InChI is InChI=1S/C22H32FN5O/c1-17-24-15-20(25-17)16-28(14-13-26(2)3)22(29)21(27-11-5-4-6-12-27)18-7-9-19(23)10-8-18/h7-10,15,21H,4-6,11-14,16H2,1-3H3,(H,24,25). The fourth-order valence-electron chi connectivity index (χ4n) is 3.85. The van der Waals surface area contributed by atoms with Gasteiger partial charge in [0.1, 0.15) is 17.7 Å². The van der Waals surface area contributed by atoms with Gasteiger partial charge in [0.25, 0.3) is 0 Å². The van der Waals surface area contributed by atoms with Gasteiger partial charge in [0.05, 0.1) is 18.4 Å². The van der Waals surface area contributed by atoms with Crippen LogP contribution in [0.4, 0.5) is 4.39 Å². The van der Waals surface area contributed by atoms with Crippen molar-refractivity contribution in [2.45, 2.75) is 38.8 Å². The molecule has 0 saturated carbocycles. The van der Waals surface area contributed by atoms with E-state index in [1.807, 2.05) is 25.9 Å². The average molecular weight is 402 g/mol. The summed E-state index contributed by atoms with van der Waals surface area (Å²) in [5, 5.41) is 0. The highest BCUT2D eigenvalue weighted by Gasteiger charge is 2.32. The second kappa shape index (κ2) is 9.98. The van der Waals surface area contributed by atoms with E-state index in [0.29, 0.717) is 13.1 Å². The van der Waals surface area contributed by atoms with E-state index in [2.05, 4.69) is 19.8 Å². The van der Waals surface area contributed by atoms with Crippen molar-refractivity contribution in [3.05, 3.63) is 53.4 Å². The Hall–Kier alpha value is -2.25. The van der Waals surface area contributed by atoms with Crippen LogP contribution in [-0.2, 0) is 11.3 Å². The molecular formula is C22H32FN5O. The molecule has 0 bridgehead atoms. The molecule has 1 aromatic heterocycles. The zero-order valence-electron chi connectivity index (χ0n) is 17.7. The highest BCUT2D eigenvalue weighted by Crippen LogP contribution is 2.27. The maximum Gasteiger partial charge on any atom is 0.244 e. The van der Waals surface area contributed by atoms with Gasteiger partial charge in [-0.2, -0.15) is 0 Å². The molecular weight excluding hydrogens is 369 g/mol. The molecule has 1 aromatic carbocycles. The number of likely N-dealkylation sites (tertiary alicyclic amines) is 1. The lowest BCUT2D eigenvalue weighted by Crippen LogP contribution is -2.46. The first-order valence-electron chi connectivity index (χ1n) is 10.4. The lowest BCUT2D eigenvalue weighted by Gasteiger charge is -2.37. The van der Waals surface area contributed by atoms with Gasteiger partial charge in [0, 0.05) is 13.1 Å². The molecule has 1 aliphatic heterocycles. The summed E-state index contributed by atoms with van der Waals surface area (Å²) in [6.45, 7) is 5.56. The number of carbonyl (C=O) groups excluding carboxylic acids is 1. The second-order valence-corrected chi connectivity index (χ2v) is 8.11. The number of hydrogen-bond acceptors (Lipinski definition) is 4. The highest BCUT2D eigenvalue weighted by atomic mass is 19.1. The number of imidazole rings is 1. The summed E-state index contributed by atoms with van der Waals surface area (Å²) < 4.78 is 13.5. The summed E-state index contributed by atoms with van der Waals surface area (Å²) in [6, 6.07) is 6.00. The van der Waals surface area contributed by atoms with Crippen LogP contribution < -0.4 is 0 Å². The molecule has 1 N–H and O–H groups in total. The summed E-state index contributed by atoms with van der Waals surface area (Å²) in [5.74, 6) is 0.620. The van der Waals surface area contributed by atoms with Gasteiger partial charge in [-0.15, -0.1) is 0 Å². The van der Waals surface area contributed by atoms with E-state index in [-0.39, 0.29) is 17.8 Å². The Balaban J connectivity index is 1.88. The van der Waals surface area contributed by atoms with E-state index in [1.165, 1.54) is 18.6 Å². The van der Waals surface area contributed by atoms with Gasteiger partial charge in [-0.1, -0.05) is 18.6 Å². The number of aryl methyl sites for hydroxylation is 1. The summed E-state index contributed by atoms with van der Waals surface area (Å²) in [7, 11) is 4.01. The molecule has 2 aromatic rings. The first-order valence-corrected chi connectivity index (χ1v) is 10.4. The van der Waals surface area contributed by atoms with Crippen molar-refractivity contribution in [2.24, 2.45) is 0 Å². The van der Waals surface area contributed by atoms with Crippen LogP contribution in [0.5, 0.6) is 0 Å². The van der Waals surface area contributed by atoms with Gasteiger partial charge in [0.15, 0.2) is 0 Å². The van der Waals surface area contributed by atoms with Gasteiger partial charge < -0.3 is 14.8 Å². The summed E-state index contributed by atoms with van der Waals surface area (Å²) in [5.41, 5.74) is 1.78. The van der Waals surface area contributed by atoms with Crippen LogP contribution in [0.25, 0.3) is 0 Å². The number of rotatable bonds is 8. The molecule has 0 spiro atoms. The number of H-pyrrole nitrogens is 1. The van der Waals surface area contributed by atoms with Gasteiger partial charge >= 0.3 is 0 Å². The Labute approximate surface area is 172 Å². The van der Waals surface area contributed by atoms with E-state index in [1.54, 1.807) is 18.3 Å². The third kappa shape index (κ3) is 5.87. The lowest BCUT2D eigenvalue weighted by atomic mass is 10.00. The molecule has 0 aliphatic carbocycles. The first-order chi connectivity index (χ1) is 13.9. The molecule has 6 nitrogen and oxygen atoms in total. The maximum atomic E-state index is 13.8. The minimum Gasteiger partial charge on any atom is -0.345 e. The van der Waals surface area contributed by atoms with Crippen LogP contribution in [0.3, 0.4) is 0 Å². The Bertz CT molecular complexity index is 783. The van der Waals surface area contributed by atoms with Crippen LogP contribution in [-0.4, -0.2) is 70.8 Å². The average Bonchev–Trinajstić information content (AvgIpc) is 3.12. The molecule has 1 unspecified atom stereocenters. The van der Waals surface area contributed by atoms with E-state index in [9.17, 15) is 9.18 Å². The number of nitrogens with one attached hydrogen (secondary N) is 1. The third-order valence-electron chi connectivity index (χ3n) is 5.42. The number of nitrogens with zero attached hydrogens (tertiary/aromatic N) is 4. The number of carbonyl (C=O) groups is 1. The zero-order chi connectivity index (χ0) is 20.8. The summed E-state index contributed by atoms with van der Waals surface area (Å²) in [4.78, 5) is 27.5. The maximum absolute atomic E-state index is 13.8. The van der Waals surface area contributed by atoms with Gasteiger partial charge in [-0.25, -0.2) is 9.37 Å². The number of hydrogen-bond donors (Lipinski definition) is 1. The molecule has 158 valence electrons. The highest BCUT2D eigenvalue weighted by molar-refractivity contribution is 5.83. The predicted octanol–water partition coefficient (Wildman–Crippen LogP) is 2.97. The number of benzene rings is 1. The van der Waals surface area contributed by atoms with Crippen molar-refractivity contribution in [3.63, 3.8) is 0 Å². The normalized spacial score (nSPS) is 16.2. The fraction of sp³-hybridized carbons (Fsp3) is 0.545. The second-order valence-electron chi connectivity index (χ2n) is 8.11. The SMILES string of the molecule is Cc1ncc(CN(CCN(C)C)C(=O)C(c2ccc(F)cc2)N2CCCCC2)[nH]1. The van der Waals surface area contributed by atoms with Gasteiger partial charge in [-0.3, -0.25) is 9.69 Å². The molecule has 7 heteroatoms. The van der Waals surface area contributed by atoms with Crippen molar-refractivity contribution in [1.29, 1.82) is 0 Å². The smallest absolute Gasteiger partial charge is 0.244 e. The van der Waals surface area contributed by atoms with Crippen LogP contribution in [0.1, 0.15) is 42.4 Å². The Morgan fingerprint density at radius 2 is 1.86 bits per heavy atom. The summed E-state index contributed by atoms with van der Waals surface area (Å²) in [6.07, 6.45) is 5.16. The number of aromatic nitrogens is 2. The minimum atomic E-state index is -0.387. The van der Waals surface area contributed by atoms with Crippen molar-refractivity contribution in [3.8, 4) is 0 Å². The number of piperidine rings is 1. The molecule has 1 atom stereocenters. The zero-order valence-corrected chi connectivity index (χ0v) is 17.7. The van der Waals surface area contributed by atoms with Crippen molar-refractivity contribution >= 4 is 5.91 Å². The van der Waals surface area contributed by atoms with Crippen LogP contribution in [0.2, 0.25) is 0 Å². The molecule has 0 radical (unpaired) electrons. The Morgan fingerprint density at radius 1 is 1.17 bits per heavy atom. The van der Waals surface area contributed by atoms with Crippen LogP contribution >= 0.6 is 0 Å². The van der Waals surface area contributed by atoms with Gasteiger partial charge in [-0.05, 0) is 64.6 Å². The van der Waals surface area contributed by atoms with Crippen LogP contribution in [0, 0.1) is 12.7 Å². The molecule has 1 fully saturated rings. The van der Waals surface area contributed by atoms with E-state index in [0.717, 1.165) is 49.6 Å². The first kappa shape index (κ1) is 21.5.